The van der Waals surface area contributed by atoms with Crippen LogP contribution in [0.5, 0.6) is 0 Å². The highest BCUT2D eigenvalue weighted by Gasteiger charge is 2.57. The van der Waals surface area contributed by atoms with E-state index >= 15 is 0 Å². The Bertz CT molecular complexity index is 654. The Morgan fingerprint density at radius 2 is 2.11 bits per heavy atom. The summed E-state index contributed by atoms with van der Waals surface area (Å²) in [5, 5.41) is 0. The summed E-state index contributed by atoms with van der Waals surface area (Å²) in [6.07, 6.45) is 11.7. The van der Waals surface area contributed by atoms with Crippen molar-refractivity contribution in [3.63, 3.8) is 0 Å². The Labute approximate surface area is 161 Å². The number of hydrogen-bond donors (Lipinski definition) is 0. The monoisotopic (exact) mass is 370 g/mol. The van der Waals surface area contributed by atoms with Crippen LogP contribution in [0.1, 0.15) is 44.1 Å². The molecule has 3 rings (SSSR count). The van der Waals surface area contributed by atoms with E-state index in [1.807, 2.05) is 6.07 Å². The van der Waals surface area contributed by atoms with Gasteiger partial charge in [-0.1, -0.05) is 42.5 Å². The van der Waals surface area contributed by atoms with Crippen LogP contribution < -0.4 is 0 Å². The summed E-state index contributed by atoms with van der Waals surface area (Å²) in [6, 6.07) is 10.6. The van der Waals surface area contributed by atoms with E-state index in [0.29, 0.717) is 12.3 Å². The number of methoxy groups -OCH3 is 1. The molecule has 1 aromatic rings. The Hall–Kier alpha value is -1.94. The third-order valence-corrected chi connectivity index (χ3v) is 6.32. The second-order valence-electron chi connectivity index (χ2n) is 7.90. The first-order valence-electron chi connectivity index (χ1n) is 10.0. The molecule has 0 unspecified atom stereocenters. The maximum atomic E-state index is 11.7. The molecule has 4 heteroatoms. The number of rotatable bonds is 10. The molecular weight excluding hydrogens is 340 g/mol. The summed E-state index contributed by atoms with van der Waals surface area (Å²) in [5.74, 6) is 0.207. The molecule has 146 valence electrons. The summed E-state index contributed by atoms with van der Waals surface area (Å²) in [5.41, 5.74) is 1.46. The molecule has 0 amide bonds. The van der Waals surface area contributed by atoms with E-state index < -0.39 is 0 Å². The number of hydrogen-bond acceptors (Lipinski definition) is 4. The van der Waals surface area contributed by atoms with Crippen LogP contribution in [-0.4, -0.2) is 32.1 Å². The number of ether oxygens (including phenoxy) is 2. The Balaban J connectivity index is 1.57. The van der Waals surface area contributed by atoms with E-state index in [-0.39, 0.29) is 23.4 Å². The standard InChI is InChI=1S/C23H30O4/c1-26-22(25)12-8-3-2-7-11-20-19(16-24)21-15-23(20,17-27-21)14-13-18-9-5-4-6-10-18/h2,4-7,9-10,16,19-21H,3,8,11-15,17H2,1H3/b7-2-/t19-,20-,21-,23-/m1/s1. The van der Waals surface area contributed by atoms with Gasteiger partial charge in [-0.05, 0) is 50.0 Å². The normalized spacial score (nSPS) is 29.3. The largest absolute Gasteiger partial charge is 0.469 e. The molecule has 4 atom stereocenters. The molecule has 1 aromatic carbocycles. The van der Waals surface area contributed by atoms with Crippen LogP contribution in [0.3, 0.4) is 0 Å². The van der Waals surface area contributed by atoms with Gasteiger partial charge in [0.1, 0.15) is 6.29 Å². The Morgan fingerprint density at radius 1 is 1.30 bits per heavy atom. The van der Waals surface area contributed by atoms with Gasteiger partial charge in [-0.2, -0.15) is 0 Å². The fraction of sp³-hybridized carbons (Fsp3) is 0.565. The minimum atomic E-state index is -0.158. The molecule has 4 nitrogen and oxygen atoms in total. The van der Waals surface area contributed by atoms with Gasteiger partial charge in [-0.25, -0.2) is 0 Å². The first kappa shape index (κ1) is 19.8. The molecule has 2 bridgehead atoms. The first-order chi connectivity index (χ1) is 13.2. The number of carbonyl (C=O) groups is 2. The van der Waals surface area contributed by atoms with Crippen LogP contribution in [0.15, 0.2) is 42.5 Å². The zero-order valence-electron chi connectivity index (χ0n) is 16.1. The summed E-state index contributed by atoms with van der Waals surface area (Å²) >= 11 is 0. The molecule has 0 spiro atoms. The van der Waals surface area contributed by atoms with Crippen LogP contribution in [0.25, 0.3) is 0 Å². The van der Waals surface area contributed by atoms with Gasteiger partial charge in [-0.3, -0.25) is 4.79 Å². The van der Waals surface area contributed by atoms with E-state index in [4.69, 9.17) is 4.74 Å². The topological polar surface area (TPSA) is 52.6 Å². The minimum Gasteiger partial charge on any atom is -0.469 e. The maximum absolute atomic E-state index is 11.7. The molecule has 2 aliphatic rings. The quantitative estimate of drug-likeness (QED) is 0.269. The van der Waals surface area contributed by atoms with Crippen molar-refractivity contribution in [3.8, 4) is 0 Å². The fourth-order valence-electron chi connectivity index (χ4n) is 4.78. The Morgan fingerprint density at radius 3 is 2.85 bits per heavy atom. The second-order valence-corrected chi connectivity index (χ2v) is 7.90. The number of allylic oxidation sites excluding steroid dienone is 2. The number of esters is 1. The molecule has 1 saturated carbocycles. The fourth-order valence-corrected chi connectivity index (χ4v) is 4.78. The second kappa shape index (κ2) is 9.32. The summed E-state index contributed by atoms with van der Waals surface area (Å²) in [7, 11) is 1.42. The molecule has 1 aliphatic carbocycles. The van der Waals surface area contributed by atoms with Crippen LogP contribution in [0.2, 0.25) is 0 Å². The number of benzene rings is 1. The zero-order valence-corrected chi connectivity index (χ0v) is 16.1. The van der Waals surface area contributed by atoms with Gasteiger partial charge in [0.15, 0.2) is 0 Å². The third-order valence-electron chi connectivity index (χ3n) is 6.32. The van der Waals surface area contributed by atoms with Crippen molar-refractivity contribution >= 4 is 12.3 Å². The average Bonchev–Trinajstić information content (AvgIpc) is 3.26. The lowest BCUT2D eigenvalue weighted by molar-refractivity contribution is -0.140. The summed E-state index contributed by atoms with van der Waals surface area (Å²) in [4.78, 5) is 22.9. The van der Waals surface area contributed by atoms with Gasteiger partial charge in [0, 0.05) is 17.8 Å². The molecule has 1 aliphatic heterocycles. The van der Waals surface area contributed by atoms with Crippen molar-refractivity contribution in [3.05, 3.63) is 48.0 Å². The molecule has 27 heavy (non-hydrogen) atoms. The van der Waals surface area contributed by atoms with Gasteiger partial charge < -0.3 is 14.3 Å². The molecule has 1 heterocycles. The number of carbonyl (C=O) groups excluding carboxylic acids is 2. The number of aryl methyl sites for hydroxylation is 1. The summed E-state index contributed by atoms with van der Waals surface area (Å²) in [6.45, 7) is 0.773. The van der Waals surface area contributed by atoms with Crippen molar-refractivity contribution < 1.29 is 19.1 Å². The van der Waals surface area contributed by atoms with Gasteiger partial charge in [0.05, 0.1) is 19.8 Å². The number of fused-ring (bicyclic) bond motifs is 2. The Kier molecular flexibility index (Phi) is 6.84. The van der Waals surface area contributed by atoms with E-state index in [1.165, 1.54) is 12.7 Å². The molecule has 0 N–H and O–H groups in total. The van der Waals surface area contributed by atoms with Gasteiger partial charge >= 0.3 is 5.97 Å². The molecule has 1 saturated heterocycles. The van der Waals surface area contributed by atoms with Crippen molar-refractivity contribution in [1.82, 2.24) is 0 Å². The zero-order chi connectivity index (χ0) is 19.1. The SMILES string of the molecule is COC(=O)CCC/C=C\C[C@@H]1[C@@H](C=O)[C@H]2C[C@]1(CCc1ccccc1)CO2. The lowest BCUT2D eigenvalue weighted by Crippen LogP contribution is -2.37. The predicted molar refractivity (Wildman–Crippen MR) is 104 cm³/mol. The van der Waals surface area contributed by atoms with Gasteiger partial charge in [0.2, 0.25) is 0 Å². The van der Waals surface area contributed by atoms with E-state index in [0.717, 1.165) is 51.4 Å². The third kappa shape index (κ3) is 4.67. The highest BCUT2D eigenvalue weighted by molar-refractivity contribution is 5.69. The highest BCUT2D eigenvalue weighted by Crippen LogP contribution is 2.56. The predicted octanol–water partition coefficient (Wildman–Crippen LogP) is 4.13. The number of unbranched alkanes of at least 4 members (excludes halogenated alkanes) is 1. The van der Waals surface area contributed by atoms with Crippen LogP contribution in [0, 0.1) is 17.3 Å². The number of aldehydes is 1. The van der Waals surface area contributed by atoms with Crippen LogP contribution in [-0.2, 0) is 25.5 Å². The lowest BCUT2D eigenvalue weighted by Gasteiger charge is -2.37. The van der Waals surface area contributed by atoms with Crippen molar-refractivity contribution in [2.24, 2.45) is 17.3 Å². The molecular formula is C23H30O4. The first-order valence-corrected chi connectivity index (χ1v) is 10.0. The van der Waals surface area contributed by atoms with E-state index in [9.17, 15) is 9.59 Å². The highest BCUT2D eigenvalue weighted by atomic mass is 16.5. The maximum Gasteiger partial charge on any atom is 0.305 e. The van der Waals surface area contributed by atoms with E-state index in [2.05, 4.69) is 41.2 Å². The van der Waals surface area contributed by atoms with Gasteiger partial charge in [0.25, 0.3) is 0 Å². The van der Waals surface area contributed by atoms with E-state index in [1.54, 1.807) is 0 Å². The molecule has 0 radical (unpaired) electrons. The van der Waals surface area contributed by atoms with Crippen molar-refractivity contribution in [2.45, 2.75) is 51.0 Å². The lowest BCUT2D eigenvalue weighted by atomic mass is 9.70. The van der Waals surface area contributed by atoms with Crippen molar-refractivity contribution in [2.75, 3.05) is 13.7 Å². The van der Waals surface area contributed by atoms with Crippen molar-refractivity contribution in [1.29, 1.82) is 0 Å². The smallest absolute Gasteiger partial charge is 0.305 e. The average molecular weight is 370 g/mol. The van der Waals surface area contributed by atoms with Crippen LogP contribution >= 0.6 is 0 Å². The summed E-state index contributed by atoms with van der Waals surface area (Å²) < 4.78 is 10.6. The van der Waals surface area contributed by atoms with Crippen LogP contribution in [0.4, 0.5) is 0 Å². The molecule has 0 aromatic heterocycles. The minimum absolute atomic E-state index is 0.00856. The molecule has 2 fully saturated rings. The van der Waals surface area contributed by atoms with Gasteiger partial charge in [-0.15, -0.1) is 0 Å².